The molecule has 1 fully saturated rings. The lowest BCUT2D eigenvalue weighted by Gasteiger charge is -2.19. The smallest absolute Gasteiger partial charge is 0.253 e. The summed E-state index contributed by atoms with van der Waals surface area (Å²) in [7, 11) is 1.66. The quantitative estimate of drug-likeness (QED) is 0.776. The second kappa shape index (κ2) is 6.24. The molecule has 1 amide bonds. The minimum absolute atomic E-state index is 0.0404. The summed E-state index contributed by atoms with van der Waals surface area (Å²) in [6, 6.07) is 11.7. The normalized spacial score (nSPS) is 15.1. The maximum atomic E-state index is 12.8. The molecule has 1 aliphatic rings. The number of hydrogen-bond donors (Lipinski definition) is 1. The molecule has 25 heavy (non-hydrogen) atoms. The number of pyridine rings is 1. The Morgan fingerprint density at radius 2 is 1.96 bits per heavy atom. The lowest BCUT2D eigenvalue weighted by Crippen LogP contribution is -2.30. The summed E-state index contributed by atoms with van der Waals surface area (Å²) in [4.78, 5) is 17.2. The van der Waals surface area contributed by atoms with Crippen molar-refractivity contribution in [2.75, 3.05) is 7.11 Å². The lowest BCUT2D eigenvalue weighted by atomic mass is 10.0. The maximum Gasteiger partial charge on any atom is 0.253 e. The number of nitrogens with zero attached hydrogens (tertiary/aromatic N) is 2. The van der Waals surface area contributed by atoms with E-state index in [0.717, 1.165) is 35.5 Å². The molecule has 0 unspecified atom stereocenters. The van der Waals surface area contributed by atoms with Gasteiger partial charge in [-0.15, -0.1) is 0 Å². The molecule has 3 aromatic rings. The van der Waals surface area contributed by atoms with Gasteiger partial charge in [-0.1, -0.05) is 12.1 Å². The number of carbonyl (C=O) groups is 1. The Morgan fingerprint density at radius 3 is 2.64 bits per heavy atom. The number of hydrogen-bond acceptors (Lipinski definition) is 3. The number of imidazole rings is 1. The Balaban J connectivity index is 1.57. The van der Waals surface area contributed by atoms with E-state index in [0.29, 0.717) is 11.5 Å². The summed E-state index contributed by atoms with van der Waals surface area (Å²) in [5.74, 6) is 1.28. The van der Waals surface area contributed by atoms with Gasteiger partial charge in [-0.25, -0.2) is 4.98 Å². The van der Waals surface area contributed by atoms with E-state index in [1.54, 1.807) is 7.11 Å². The third-order valence-electron chi connectivity index (χ3n) is 4.69. The molecule has 128 valence electrons. The van der Waals surface area contributed by atoms with Crippen molar-refractivity contribution in [3.8, 4) is 5.75 Å². The Labute approximate surface area is 146 Å². The molecule has 1 aliphatic carbocycles. The fourth-order valence-electron chi connectivity index (χ4n) is 3.19. The van der Waals surface area contributed by atoms with E-state index in [9.17, 15) is 4.79 Å². The zero-order valence-electron chi connectivity index (χ0n) is 14.4. The molecule has 0 radical (unpaired) electrons. The molecule has 0 bridgehead atoms. The second-order valence-corrected chi connectivity index (χ2v) is 6.63. The van der Waals surface area contributed by atoms with Gasteiger partial charge in [-0.3, -0.25) is 4.79 Å². The summed E-state index contributed by atoms with van der Waals surface area (Å²) in [5, 5.41) is 3.21. The minimum Gasteiger partial charge on any atom is -0.497 e. The van der Waals surface area contributed by atoms with E-state index in [1.807, 2.05) is 60.1 Å². The molecule has 1 N–H and O–H groups in total. The van der Waals surface area contributed by atoms with Gasteiger partial charge in [0, 0.05) is 12.4 Å². The molecule has 2 aromatic heterocycles. The van der Waals surface area contributed by atoms with Crippen LogP contribution in [0.25, 0.3) is 5.65 Å². The topological polar surface area (TPSA) is 55.6 Å². The molecule has 1 saturated carbocycles. The monoisotopic (exact) mass is 335 g/mol. The Bertz CT molecular complexity index is 910. The predicted molar refractivity (Wildman–Crippen MR) is 95.9 cm³/mol. The van der Waals surface area contributed by atoms with Gasteiger partial charge in [-0.05, 0) is 55.5 Å². The van der Waals surface area contributed by atoms with E-state index in [4.69, 9.17) is 4.74 Å². The third kappa shape index (κ3) is 3.22. The van der Waals surface area contributed by atoms with Crippen LogP contribution in [0.1, 0.15) is 40.5 Å². The first-order valence-electron chi connectivity index (χ1n) is 8.54. The number of benzene rings is 1. The highest BCUT2D eigenvalue weighted by molar-refractivity contribution is 5.94. The number of methoxy groups -OCH3 is 1. The van der Waals surface area contributed by atoms with Crippen LogP contribution in [0.3, 0.4) is 0 Å². The zero-order chi connectivity index (χ0) is 17.4. The van der Waals surface area contributed by atoms with Gasteiger partial charge in [0.2, 0.25) is 0 Å². The van der Waals surface area contributed by atoms with Gasteiger partial charge in [-0.2, -0.15) is 0 Å². The SMILES string of the molecule is COc1ccc([C@@H](NC(=O)c2ccc3nc(C)cn3c2)C2CC2)cc1. The summed E-state index contributed by atoms with van der Waals surface area (Å²) < 4.78 is 7.11. The van der Waals surface area contributed by atoms with Crippen molar-refractivity contribution in [1.82, 2.24) is 14.7 Å². The van der Waals surface area contributed by atoms with Crippen molar-refractivity contribution in [1.29, 1.82) is 0 Å². The summed E-state index contributed by atoms with van der Waals surface area (Å²) >= 11 is 0. The van der Waals surface area contributed by atoms with Gasteiger partial charge in [0.25, 0.3) is 5.91 Å². The molecular formula is C20H21N3O2. The zero-order valence-corrected chi connectivity index (χ0v) is 14.4. The van der Waals surface area contributed by atoms with E-state index in [1.165, 1.54) is 0 Å². The van der Waals surface area contributed by atoms with Crippen LogP contribution in [0.4, 0.5) is 0 Å². The highest BCUT2D eigenvalue weighted by atomic mass is 16.5. The van der Waals surface area contributed by atoms with Gasteiger partial charge in [0.1, 0.15) is 11.4 Å². The lowest BCUT2D eigenvalue weighted by molar-refractivity contribution is 0.0931. The average molecular weight is 335 g/mol. The largest absolute Gasteiger partial charge is 0.497 e. The number of ether oxygens (including phenoxy) is 1. The Kier molecular flexibility index (Phi) is 3.92. The van der Waals surface area contributed by atoms with Crippen LogP contribution < -0.4 is 10.1 Å². The van der Waals surface area contributed by atoms with Crippen LogP contribution in [0.5, 0.6) is 5.75 Å². The number of aryl methyl sites for hydroxylation is 1. The van der Waals surface area contributed by atoms with Crippen molar-refractivity contribution in [3.05, 3.63) is 65.6 Å². The van der Waals surface area contributed by atoms with Crippen LogP contribution in [0, 0.1) is 12.8 Å². The summed E-state index contributed by atoms with van der Waals surface area (Å²) in [5.41, 5.74) is 3.55. The van der Waals surface area contributed by atoms with E-state index >= 15 is 0 Å². The molecule has 5 nitrogen and oxygen atoms in total. The maximum absolute atomic E-state index is 12.8. The van der Waals surface area contributed by atoms with Crippen LogP contribution >= 0.6 is 0 Å². The Morgan fingerprint density at radius 1 is 1.20 bits per heavy atom. The van der Waals surface area contributed by atoms with Crippen molar-refractivity contribution < 1.29 is 9.53 Å². The third-order valence-corrected chi connectivity index (χ3v) is 4.69. The van der Waals surface area contributed by atoms with Gasteiger partial charge >= 0.3 is 0 Å². The molecule has 0 aliphatic heterocycles. The van der Waals surface area contributed by atoms with Gasteiger partial charge in [0.05, 0.1) is 24.4 Å². The molecule has 0 saturated heterocycles. The molecule has 2 heterocycles. The first-order chi connectivity index (χ1) is 12.1. The van der Waals surface area contributed by atoms with Crippen LogP contribution in [-0.2, 0) is 0 Å². The van der Waals surface area contributed by atoms with Crippen LogP contribution in [0.15, 0.2) is 48.8 Å². The van der Waals surface area contributed by atoms with E-state index in [2.05, 4.69) is 10.3 Å². The highest BCUT2D eigenvalue weighted by Crippen LogP contribution is 2.41. The van der Waals surface area contributed by atoms with Gasteiger partial charge in [0.15, 0.2) is 0 Å². The predicted octanol–water partition coefficient (Wildman–Crippen LogP) is 3.53. The number of amides is 1. The summed E-state index contributed by atoms with van der Waals surface area (Å²) in [6.45, 7) is 1.94. The molecule has 5 heteroatoms. The number of nitrogens with one attached hydrogen (secondary N) is 1. The molecule has 4 rings (SSSR count). The van der Waals surface area contributed by atoms with Crippen molar-refractivity contribution in [3.63, 3.8) is 0 Å². The van der Waals surface area contributed by atoms with Crippen molar-refractivity contribution in [2.45, 2.75) is 25.8 Å². The molecule has 0 spiro atoms. The van der Waals surface area contributed by atoms with E-state index in [-0.39, 0.29) is 11.9 Å². The first kappa shape index (κ1) is 15.7. The number of aromatic nitrogens is 2. The first-order valence-corrected chi connectivity index (χ1v) is 8.54. The molecular weight excluding hydrogens is 314 g/mol. The van der Waals surface area contributed by atoms with Gasteiger partial charge < -0.3 is 14.5 Å². The standard InChI is InChI=1S/C20H21N3O2/c1-13-11-23-12-16(7-10-18(23)21-13)20(24)22-19(14-3-4-14)15-5-8-17(25-2)9-6-15/h5-12,14,19H,3-4H2,1-2H3,(H,22,24)/t19-/m0/s1. The Hall–Kier alpha value is -2.82. The van der Waals surface area contributed by atoms with Crippen molar-refractivity contribution in [2.24, 2.45) is 5.92 Å². The van der Waals surface area contributed by atoms with Crippen molar-refractivity contribution >= 4 is 11.6 Å². The summed E-state index contributed by atoms with van der Waals surface area (Å²) in [6.07, 6.45) is 6.06. The molecule has 1 atom stereocenters. The molecule has 1 aromatic carbocycles. The number of fused-ring (bicyclic) bond motifs is 1. The number of carbonyl (C=O) groups excluding carboxylic acids is 1. The second-order valence-electron chi connectivity index (χ2n) is 6.63. The highest BCUT2D eigenvalue weighted by Gasteiger charge is 2.33. The van der Waals surface area contributed by atoms with Crippen LogP contribution in [-0.4, -0.2) is 22.4 Å². The average Bonchev–Trinajstić information content (AvgIpc) is 3.39. The van der Waals surface area contributed by atoms with Crippen LogP contribution in [0.2, 0.25) is 0 Å². The number of rotatable bonds is 5. The fourth-order valence-corrected chi connectivity index (χ4v) is 3.19. The van der Waals surface area contributed by atoms with E-state index < -0.39 is 0 Å². The minimum atomic E-state index is -0.0547. The fraction of sp³-hybridized carbons (Fsp3) is 0.300.